The number of pyridine rings is 1. The lowest BCUT2D eigenvalue weighted by atomic mass is 10.1. The molecule has 1 aromatic heterocycles. The number of nitrogens with one attached hydrogen (secondary N) is 2. The molecule has 2 N–H and O–H groups in total. The molecule has 1 fully saturated rings. The molecule has 2 amide bonds. The third kappa shape index (κ3) is 2.59. The summed E-state index contributed by atoms with van der Waals surface area (Å²) in [5, 5.41) is 5.02. The fourth-order valence-electron chi connectivity index (χ4n) is 1.72. The summed E-state index contributed by atoms with van der Waals surface area (Å²) >= 11 is 5.64. The van der Waals surface area contributed by atoms with Crippen molar-refractivity contribution in [3.05, 3.63) is 23.6 Å². The highest BCUT2D eigenvalue weighted by Gasteiger charge is 2.27. The first-order chi connectivity index (χ1) is 8.61. The Bertz CT molecular complexity index is 495. The molecule has 1 unspecified atom stereocenters. The first-order valence-corrected chi connectivity index (χ1v) is 5.95. The molecule has 0 saturated carbocycles. The smallest absolute Gasteiger partial charge is 0.249 e. The number of carbonyl (C=O) groups is 2. The maximum Gasteiger partial charge on any atom is 0.249 e. The number of amides is 2. The van der Waals surface area contributed by atoms with E-state index in [1.54, 1.807) is 0 Å². The first kappa shape index (κ1) is 12.8. The van der Waals surface area contributed by atoms with Gasteiger partial charge in [0.25, 0.3) is 0 Å². The van der Waals surface area contributed by atoms with Gasteiger partial charge < -0.3 is 5.32 Å². The molecular formula is C11H11ClFN3O2. The summed E-state index contributed by atoms with van der Waals surface area (Å²) in [7, 11) is 0. The van der Waals surface area contributed by atoms with Gasteiger partial charge in [0.15, 0.2) is 0 Å². The highest BCUT2D eigenvalue weighted by molar-refractivity contribution is 6.17. The van der Waals surface area contributed by atoms with Crippen molar-refractivity contribution in [2.45, 2.75) is 24.8 Å². The number of piperidine rings is 1. The minimum absolute atomic E-state index is 0.0464. The minimum atomic E-state index is -0.598. The lowest BCUT2D eigenvalue weighted by Crippen LogP contribution is -2.47. The number of anilines is 1. The molecule has 1 aliphatic rings. The number of alkyl halides is 1. The van der Waals surface area contributed by atoms with Gasteiger partial charge in [0.2, 0.25) is 11.8 Å². The number of hydrogen-bond acceptors (Lipinski definition) is 4. The largest absolute Gasteiger partial charge is 0.358 e. The summed E-state index contributed by atoms with van der Waals surface area (Å²) < 4.78 is 13.4. The summed E-state index contributed by atoms with van der Waals surface area (Å²) in [6.45, 7) is 0. The second-order valence-electron chi connectivity index (χ2n) is 3.90. The van der Waals surface area contributed by atoms with E-state index in [1.807, 2.05) is 0 Å². The van der Waals surface area contributed by atoms with E-state index in [2.05, 4.69) is 15.6 Å². The van der Waals surface area contributed by atoms with E-state index in [9.17, 15) is 14.0 Å². The van der Waals surface area contributed by atoms with Crippen LogP contribution in [-0.4, -0.2) is 22.8 Å². The molecule has 1 atom stereocenters. The van der Waals surface area contributed by atoms with Crippen LogP contribution in [0.1, 0.15) is 18.4 Å². The fraction of sp³-hybridized carbons (Fsp3) is 0.364. The Morgan fingerprint density at radius 1 is 1.56 bits per heavy atom. The molecule has 5 nitrogen and oxygen atoms in total. The molecule has 0 radical (unpaired) electrons. The number of aromatic nitrogens is 1. The van der Waals surface area contributed by atoms with Gasteiger partial charge in [-0.1, -0.05) is 0 Å². The Kier molecular flexibility index (Phi) is 3.76. The van der Waals surface area contributed by atoms with Gasteiger partial charge in [-0.2, -0.15) is 0 Å². The van der Waals surface area contributed by atoms with Crippen molar-refractivity contribution < 1.29 is 14.0 Å². The van der Waals surface area contributed by atoms with Crippen LogP contribution in [0.25, 0.3) is 0 Å². The highest BCUT2D eigenvalue weighted by atomic mass is 35.5. The molecule has 0 bridgehead atoms. The maximum atomic E-state index is 13.4. The van der Waals surface area contributed by atoms with Crippen LogP contribution in [-0.2, 0) is 15.5 Å². The Hall–Kier alpha value is -1.69. The van der Waals surface area contributed by atoms with Gasteiger partial charge in [-0.05, 0) is 12.5 Å². The van der Waals surface area contributed by atoms with Crippen molar-refractivity contribution in [2.75, 3.05) is 5.32 Å². The number of rotatable bonds is 3. The first-order valence-electron chi connectivity index (χ1n) is 5.41. The molecule has 0 aromatic carbocycles. The van der Waals surface area contributed by atoms with Crippen molar-refractivity contribution >= 4 is 29.2 Å². The monoisotopic (exact) mass is 271 g/mol. The van der Waals surface area contributed by atoms with Crippen LogP contribution in [0.2, 0.25) is 0 Å². The maximum absolute atomic E-state index is 13.4. The van der Waals surface area contributed by atoms with Gasteiger partial charge in [-0.25, -0.2) is 9.37 Å². The zero-order valence-electron chi connectivity index (χ0n) is 9.37. The van der Waals surface area contributed by atoms with Gasteiger partial charge in [-0.3, -0.25) is 14.9 Å². The number of halogens is 2. The predicted octanol–water partition coefficient (Wildman–Crippen LogP) is 1.18. The third-order valence-corrected chi connectivity index (χ3v) is 2.95. The van der Waals surface area contributed by atoms with E-state index in [1.165, 1.54) is 12.3 Å². The van der Waals surface area contributed by atoms with Crippen molar-refractivity contribution in [2.24, 2.45) is 0 Å². The summed E-state index contributed by atoms with van der Waals surface area (Å²) in [4.78, 5) is 26.5. The van der Waals surface area contributed by atoms with Gasteiger partial charge >= 0.3 is 0 Å². The van der Waals surface area contributed by atoms with Crippen molar-refractivity contribution in [1.82, 2.24) is 10.3 Å². The second kappa shape index (κ2) is 5.30. The average Bonchev–Trinajstić information content (AvgIpc) is 2.33. The van der Waals surface area contributed by atoms with E-state index in [4.69, 9.17) is 11.6 Å². The van der Waals surface area contributed by atoms with Gasteiger partial charge in [-0.15, -0.1) is 11.6 Å². The molecule has 1 saturated heterocycles. The SMILES string of the molecule is O=C1CCC(Nc2nccc(F)c2CCl)C(=O)N1. The van der Waals surface area contributed by atoms with E-state index in [0.717, 1.165) is 0 Å². The minimum Gasteiger partial charge on any atom is -0.358 e. The lowest BCUT2D eigenvalue weighted by molar-refractivity contribution is -0.133. The number of nitrogens with zero attached hydrogens (tertiary/aromatic N) is 1. The van der Waals surface area contributed by atoms with Crippen molar-refractivity contribution in [1.29, 1.82) is 0 Å². The van der Waals surface area contributed by atoms with Gasteiger partial charge in [0.1, 0.15) is 17.7 Å². The van der Waals surface area contributed by atoms with Crippen molar-refractivity contribution in [3.8, 4) is 0 Å². The van der Waals surface area contributed by atoms with Crippen molar-refractivity contribution in [3.63, 3.8) is 0 Å². The molecule has 1 aliphatic heterocycles. The normalized spacial score (nSPS) is 19.6. The molecule has 0 aliphatic carbocycles. The average molecular weight is 272 g/mol. The molecule has 0 spiro atoms. The van der Waals surface area contributed by atoms with Crippen LogP contribution in [0.3, 0.4) is 0 Å². The summed E-state index contributed by atoms with van der Waals surface area (Å²) in [5.74, 6) is -1.02. The fourth-order valence-corrected chi connectivity index (χ4v) is 1.97. The summed E-state index contributed by atoms with van der Waals surface area (Å²) in [5.41, 5.74) is 0.212. The van der Waals surface area contributed by atoms with Crippen LogP contribution in [0.5, 0.6) is 0 Å². The molecule has 18 heavy (non-hydrogen) atoms. The Morgan fingerprint density at radius 3 is 3.00 bits per heavy atom. The summed E-state index contributed by atoms with van der Waals surface area (Å²) in [6.07, 6.45) is 1.89. The van der Waals surface area contributed by atoms with Gasteiger partial charge in [0, 0.05) is 18.2 Å². The Balaban J connectivity index is 2.17. The van der Waals surface area contributed by atoms with Crippen LogP contribution in [0.15, 0.2) is 12.3 Å². The Morgan fingerprint density at radius 2 is 2.33 bits per heavy atom. The number of carbonyl (C=O) groups excluding carboxylic acids is 2. The topological polar surface area (TPSA) is 71.1 Å². The zero-order valence-corrected chi connectivity index (χ0v) is 10.1. The summed E-state index contributed by atoms with van der Waals surface area (Å²) in [6, 6.07) is 0.604. The van der Waals surface area contributed by atoms with E-state index in [-0.39, 0.29) is 29.6 Å². The molecule has 2 rings (SSSR count). The zero-order chi connectivity index (χ0) is 13.1. The van der Waals surface area contributed by atoms with Gasteiger partial charge in [0.05, 0.1) is 5.88 Å². The van der Waals surface area contributed by atoms with E-state index < -0.39 is 17.8 Å². The van der Waals surface area contributed by atoms with Crippen LogP contribution >= 0.6 is 11.6 Å². The van der Waals surface area contributed by atoms with Crippen LogP contribution in [0, 0.1) is 5.82 Å². The molecule has 7 heteroatoms. The molecule has 96 valence electrons. The number of imide groups is 1. The quantitative estimate of drug-likeness (QED) is 0.640. The van der Waals surface area contributed by atoms with E-state index in [0.29, 0.717) is 6.42 Å². The van der Waals surface area contributed by atoms with Crippen LogP contribution < -0.4 is 10.6 Å². The standard InChI is InChI=1S/C11H11ClFN3O2/c12-5-6-7(13)3-4-14-10(6)15-8-1-2-9(17)16-11(8)18/h3-4,8H,1-2,5H2,(H,14,15)(H,16,17,18). The van der Waals surface area contributed by atoms with E-state index >= 15 is 0 Å². The second-order valence-corrected chi connectivity index (χ2v) is 4.17. The number of hydrogen-bond donors (Lipinski definition) is 2. The Labute approximate surface area is 108 Å². The molecule has 1 aromatic rings. The molecular weight excluding hydrogens is 261 g/mol. The van der Waals surface area contributed by atoms with Crippen LogP contribution in [0.4, 0.5) is 10.2 Å². The highest BCUT2D eigenvalue weighted by Crippen LogP contribution is 2.20. The lowest BCUT2D eigenvalue weighted by Gasteiger charge is -2.23. The molecule has 2 heterocycles. The third-order valence-electron chi connectivity index (χ3n) is 2.68. The predicted molar refractivity (Wildman–Crippen MR) is 63.5 cm³/mol.